The maximum atomic E-state index is 13.3. The number of hydrogen-bond acceptors (Lipinski definition) is 3. The van der Waals surface area contributed by atoms with Gasteiger partial charge in [-0.3, -0.25) is 4.98 Å². The fourth-order valence-corrected chi connectivity index (χ4v) is 1.36. The number of ether oxygens (including phenoxy) is 1. The van der Waals surface area contributed by atoms with Gasteiger partial charge in [0.15, 0.2) is 0 Å². The molecule has 1 aromatic heterocycles. The van der Waals surface area contributed by atoms with Crippen LogP contribution in [0.4, 0.5) is 4.39 Å². The monoisotopic (exact) mass is 247 g/mol. The highest BCUT2D eigenvalue weighted by atomic mass is 19.1. The van der Waals surface area contributed by atoms with E-state index in [1.807, 2.05) is 0 Å². The van der Waals surface area contributed by atoms with E-state index >= 15 is 0 Å². The normalized spacial score (nSPS) is 10.1. The lowest BCUT2D eigenvalue weighted by atomic mass is 10.2. The minimum absolute atomic E-state index is 0.0140. The maximum Gasteiger partial charge on any atom is 0.337 e. The summed E-state index contributed by atoms with van der Waals surface area (Å²) < 4.78 is 18.6. The van der Waals surface area contributed by atoms with Gasteiger partial charge >= 0.3 is 5.97 Å². The first-order valence-corrected chi connectivity index (χ1v) is 5.18. The van der Waals surface area contributed by atoms with Crippen LogP contribution in [0.3, 0.4) is 0 Å². The van der Waals surface area contributed by atoms with Gasteiger partial charge < -0.3 is 9.84 Å². The van der Waals surface area contributed by atoms with Crippen LogP contribution in [0.1, 0.15) is 15.9 Å². The Bertz CT molecular complexity index is 599. The zero-order chi connectivity index (χ0) is 13.1. The van der Waals surface area contributed by atoms with Gasteiger partial charge in [-0.25, -0.2) is 9.18 Å². The van der Waals surface area contributed by atoms with Gasteiger partial charge in [-0.2, -0.15) is 0 Å². The zero-order valence-electron chi connectivity index (χ0n) is 9.55. The van der Waals surface area contributed by atoms with Gasteiger partial charge in [0.1, 0.15) is 17.3 Å². The van der Waals surface area contributed by atoms with Gasteiger partial charge in [0, 0.05) is 12.3 Å². The summed E-state index contributed by atoms with van der Waals surface area (Å²) in [5.41, 5.74) is 0.528. The zero-order valence-corrected chi connectivity index (χ0v) is 9.55. The van der Waals surface area contributed by atoms with E-state index < -0.39 is 5.97 Å². The number of aryl methyl sites for hydroxylation is 1. The summed E-state index contributed by atoms with van der Waals surface area (Å²) in [6, 6.07) is 5.75. The molecule has 1 heterocycles. The molecule has 0 atom stereocenters. The number of nitrogens with zero attached hydrogens (tertiary/aromatic N) is 1. The first-order chi connectivity index (χ1) is 8.56. The topological polar surface area (TPSA) is 59.4 Å². The number of hydrogen-bond donors (Lipinski definition) is 1. The van der Waals surface area contributed by atoms with E-state index in [0.29, 0.717) is 11.3 Å². The number of aromatic nitrogens is 1. The Morgan fingerprint density at radius 2 is 2.06 bits per heavy atom. The van der Waals surface area contributed by atoms with E-state index in [1.165, 1.54) is 24.5 Å². The van der Waals surface area contributed by atoms with Crippen molar-refractivity contribution in [3.63, 3.8) is 0 Å². The Morgan fingerprint density at radius 3 is 2.72 bits per heavy atom. The third-order valence-electron chi connectivity index (χ3n) is 2.34. The largest absolute Gasteiger partial charge is 0.478 e. The number of carbonyl (C=O) groups is 1. The lowest BCUT2D eigenvalue weighted by Crippen LogP contribution is -1.97. The van der Waals surface area contributed by atoms with Crippen molar-refractivity contribution < 1.29 is 19.0 Å². The second kappa shape index (κ2) is 4.83. The molecule has 0 radical (unpaired) electrons. The molecule has 2 aromatic rings. The van der Waals surface area contributed by atoms with Crippen molar-refractivity contribution in [1.29, 1.82) is 0 Å². The number of halogens is 1. The number of aromatic carboxylic acids is 1. The summed E-state index contributed by atoms with van der Waals surface area (Å²) in [4.78, 5) is 14.5. The summed E-state index contributed by atoms with van der Waals surface area (Å²) in [7, 11) is 0. The first-order valence-electron chi connectivity index (χ1n) is 5.18. The van der Waals surface area contributed by atoms with Crippen molar-refractivity contribution in [1.82, 2.24) is 4.98 Å². The average Bonchev–Trinajstić information content (AvgIpc) is 2.34. The van der Waals surface area contributed by atoms with Crippen molar-refractivity contribution in [3.05, 3.63) is 53.6 Å². The van der Waals surface area contributed by atoms with Crippen LogP contribution < -0.4 is 4.74 Å². The van der Waals surface area contributed by atoms with Crippen molar-refractivity contribution in [2.45, 2.75) is 6.92 Å². The van der Waals surface area contributed by atoms with Gasteiger partial charge in [0.2, 0.25) is 0 Å². The fraction of sp³-hybridized carbons (Fsp3) is 0.0769. The summed E-state index contributed by atoms with van der Waals surface area (Å²) in [6.07, 6.45) is 2.58. The van der Waals surface area contributed by atoms with Crippen LogP contribution in [-0.2, 0) is 0 Å². The molecular formula is C13H10FNO3. The summed E-state index contributed by atoms with van der Waals surface area (Å²) in [5, 5.41) is 8.80. The Labute approximate surface area is 103 Å². The fourth-order valence-electron chi connectivity index (χ4n) is 1.36. The molecule has 0 aliphatic carbocycles. The van der Waals surface area contributed by atoms with Crippen LogP contribution in [-0.4, -0.2) is 16.1 Å². The standard InChI is InChI=1S/C13H10FNO3/c1-8-2-3-10(5-12(8)14)18-11-4-9(13(16)17)6-15-7-11/h2-7H,1H3,(H,16,17). The van der Waals surface area contributed by atoms with Gasteiger partial charge in [-0.1, -0.05) is 6.07 Å². The molecule has 18 heavy (non-hydrogen) atoms. The predicted octanol–water partition coefficient (Wildman–Crippen LogP) is 3.02. The van der Waals surface area contributed by atoms with E-state index in [2.05, 4.69) is 4.98 Å². The van der Waals surface area contributed by atoms with Crippen LogP contribution in [0.5, 0.6) is 11.5 Å². The Kier molecular flexibility index (Phi) is 3.23. The van der Waals surface area contributed by atoms with E-state index in [-0.39, 0.29) is 17.1 Å². The molecule has 0 saturated carbocycles. The molecular weight excluding hydrogens is 237 g/mol. The quantitative estimate of drug-likeness (QED) is 0.905. The average molecular weight is 247 g/mol. The van der Waals surface area contributed by atoms with Gasteiger partial charge in [-0.15, -0.1) is 0 Å². The Hall–Kier alpha value is -2.43. The van der Waals surface area contributed by atoms with Gasteiger partial charge in [0.05, 0.1) is 11.8 Å². The van der Waals surface area contributed by atoms with E-state index in [0.717, 1.165) is 0 Å². The number of rotatable bonds is 3. The predicted molar refractivity (Wildman–Crippen MR) is 62.4 cm³/mol. The summed E-state index contributed by atoms with van der Waals surface area (Å²) >= 11 is 0. The molecule has 1 aromatic carbocycles. The molecule has 0 amide bonds. The number of carboxylic acids is 1. The van der Waals surface area contributed by atoms with Crippen LogP contribution in [0.2, 0.25) is 0 Å². The second-order valence-electron chi connectivity index (χ2n) is 3.73. The molecule has 0 spiro atoms. The SMILES string of the molecule is Cc1ccc(Oc2cncc(C(=O)O)c2)cc1F. The van der Waals surface area contributed by atoms with Gasteiger partial charge in [-0.05, 0) is 24.6 Å². The molecule has 0 fully saturated rings. The molecule has 0 aliphatic heterocycles. The molecule has 0 saturated heterocycles. The van der Waals surface area contributed by atoms with Crippen LogP contribution in [0.15, 0.2) is 36.7 Å². The van der Waals surface area contributed by atoms with E-state index in [1.54, 1.807) is 19.1 Å². The molecule has 0 unspecified atom stereocenters. The molecule has 4 nitrogen and oxygen atoms in total. The highest BCUT2D eigenvalue weighted by molar-refractivity contribution is 5.87. The number of carboxylic acid groups (broad SMARTS) is 1. The number of pyridine rings is 1. The van der Waals surface area contributed by atoms with Crippen molar-refractivity contribution in [2.75, 3.05) is 0 Å². The third kappa shape index (κ3) is 2.63. The first kappa shape index (κ1) is 12.0. The van der Waals surface area contributed by atoms with Crippen LogP contribution in [0, 0.1) is 12.7 Å². The van der Waals surface area contributed by atoms with Crippen molar-refractivity contribution in [3.8, 4) is 11.5 Å². The molecule has 0 bridgehead atoms. The molecule has 0 aliphatic rings. The second-order valence-corrected chi connectivity index (χ2v) is 3.73. The smallest absolute Gasteiger partial charge is 0.337 e. The maximum absolute atomic E-state index is 13.3. The summed E-state index contributed by atoms with van der Waals surface area (Å²) in [5.74, 6) is -0.932. The Balaban J connectivity index is 2.25. The van der Waals surface area contributed by atoms with Crippen molar-refractivity contribution >= 4 is 5.97 Å². The minimum Gasteiger partial charge on any atom is -0.478 e. The van der Waals surface area contributed by atoms with Gasteiger partial charge in [0.25, 0.3) is 0 Å². The van der Waals surface area contributed by atoms with Crippen LogP contribution >= 0.6 is 0 Å². The third-order valence-corrected chi connectivity index (χ3v) is 2.34. The minimum atomic E-state index is -1.09. The Morgan fingerprint density at radius 1 is 1.28 bits per heavy atom. The molecule has 1 N–H and O–H groups in total. The molecule has 5 heteroatoms. The van der Waals surface area contributed by atoms with Crippen molar-refractivity contribution in [2.24, 2.45) is 0 Å². The molecule has 2 rings (SSSR count). The highest BCUT2D eigenvalue weighted by Gasteiger charge is 2.06. The van der Waals surface area contributed by atoms with Crippen LogP contribution in [0.25, 0.3) is 0 Å². The van der Waals surface area contributed by atoms with E-state index in [9.17, 15) is 9.18 Å². The number of benzene rings is 1. The summed E-state index contributed by atoms with van der Waals surface area (Å²) in [6.45, 7) is 1.64. The lowest BCUT2D eigenvalue weighted by Gasteiger charge is -2.06. The lowest BCUT2D eigenvalue weighted by molar-refractivity contribution is 0.0696. The highest BCUT2D eigenvalue weighted by Crippen LogP contribution is 2.23. The van der Waals surface area contributed by atoms with E-state index in [4.69, 9.17) is 9.84 Å². The molecule has 92 valence electrons.